The van der Waals surface area contributed by atoms with Crippen LogP contribution in [0.5, 0.6) is 0 Å². The van der Waals surface area contributed by atoms with E-state index in [-0.39, 0.29) is 18.2 Å². The number of anilines is 1. The Bertz CT molecular complexity index is 773. The number of aromatic nitrogens is 2. The van der Waals surface area contributed by atoms with Gasteiger partial charge in [0.1, 0.15) is 0 Å². The fourth-order valence-electron chi connectivity index (χ4n) is 3.23. The molecule has 0 saturated carbocycles. The molecular formula is C17H21ClN6O3. The van der Waals surface area contributed by atoms with Crippen molar-refractivity contribution < 1.29 is 14.4 Å². The number of rotatable bonds is 4. The SMILES string of the molecule is CC1=NC(=O)N(C)C(=O)C1CCC(=O)N1CCN(c2ccc(Cl)nn2)CC1. The predicted molar refractivity (Wildman–Crippen MR) is 99.8 cm³/mol. The Morgan fingerprint density at radius 2 is 1.89 bits per heavy atom. The van der Waals surface area contributed by atoms with Crippen molar-refractivity contribution in [3.63, 3.8) is 0 Å². The number of nitrogens with zero attached hydrogens (tertiary/aromatic N) is 6. The summed E-state index contributed by atoms with van der Waals surface area (Å²) in [6.45, 7) is 4.12. The lowest BCUT2D eigenvalue weighted by Crippen LogP contribution is -2.49. The molecular weight excluding hydrogens is 372 g/mol. The number of aliphatic imine (C=N–C) groups is 1. The second-order valence-electron chi connectivity index (χ2n) is 6.61. The van der Waals surface area contributed by atoms with E-state index in [1.807, 2.05) is 0 Å². The van der Waals surface area contributed by atoms with Crippen LogP contribution in [0.4, 0.5) is 10.6 Å². The van der Waals surface area contributed by atoms with Crippen LogP contribution in [0, 0.1) is 5.92 Å². The molecule has 9 nitrogen and oxygen atoms in total. The lowest BCUT2D eigenvalue weighted by Gasteiger charge is -2.35. The van der Waals surface area contributed by atoms with Crippen LogP contribution < -0.4 is 4.90 Å². The first kappa shape index (κ1) is 19.2. The van der Waals surface area contributed by atoms with Crippen molar-refractivity contribution in [3.8, 4) is 0 Å². The van der Waals surface area contributed by atoms with E-state index in [1.165, 1.54) is 7.05 Å². The fourth-order valence-corrected chi connectivity index (χ4v) is 3.33. The highest BCUT2D eigenvalue weighted by Gasteiger charge is 2.33. The highest BCUT2D eigenvalue weighted by Crippen LogP contribution is 2.20. The molecule has 0 aliphatic carbocycles. The average Bonchev–Trinajstić information content (AvgIpc) is 2.66. The van der Waals surface area contributed by atoms with E-state index < -0.39 is 11.9 Å². The molecule has 3 heterocycles. The molecule has 3 rings (SSSR count). The van der Waals surface area contributed by atoms with E-state index in [9.17, 15) is 14.4 Å². The van der Waals surface area contributed by atoms with Gasteiger partial charge in [0.15, 0.2) is 11.0 Å². The number of urea groups is 1. The number of amides is 4. The van der Waals surface area contributed by atoms with Crippen LogP contribution in [0.3, 0.4) is 0 Å². The van der Waals surface area contributed by atoms with Gasteiger partial charge >= 0.3 is 6.03 Å². The van der Waals surface area contributed by atoms with Gasteiger partial charge in [-0.3, -0.25) is 14.5 Å². The Labute approximate surface area is 162 Å². The first-order chi connectivity index (χ1) is 12.9. The maximum Gasteiger partial charge on any atom is 0.349 e. The van der Waals surface area contributed by atoms with Gasteiger partial charge in [-0.05, 0) is 25.5 Å². The number of piperazine rings is 1. The zero-order valence-corrected chi connectivity index (χ0v) is 16.0. The normalized spacial score (nSPS) is 20.8. The van der Waals surface area contributed by atoms with E-state index in [4.69, 9.17) is 11.6 Å². The zero-order valence-electron chi connectivity index (χ0n) is 15.3. The van der Waals surface area contributed by atoms with Crippen molar-refractivity contribution in [1.82, 2.24) is 20.0 Å². The van der Waals surface area contributed by atoms with Crippen LogP contribution in [0.25, 0.3) is 0 Å². The molecule has 10 heteroatoms. The summed E-state index contributed by atoms with van der Waals surface area (Å²) in [7, 11) is 1.41. The molecule has 1 fully saturated rings. The molecule has 0 spiro atoms. The van der Waals surface area contributed by atoms with Crippen LogP contribution in [0.15, 0.2) is 17.1 Å². The van der Waals surface area contributed by atoms with Gasteiger partial charge in [-0.2, -0.15) is 0 Å². The molecule has 27 heavy (non-hydrogen) atoms. The Kier molecular flexibility index (Phi) is 5.69. The minimum Gasteiger partial charge on any atom is -0.352 e. The summed E-state index contributed by atoms with van der Waals surface area (Å²) in [5, 5.41) is 8.24. The number of hydrogen-bond acceptors (Lipinski definition) is 6. The van der Waals surface area contributed by atoms with Crippen LogP contribution in [-0.2, 0) is 9.59 Å². The monoisotopic (exact) mass is 392 g/mol. The molecule has 0 radical (unpaired) electrons. The standard InChI is InChI=1S/C17H21ClN6O3/c1-11-12(16(26)22(2)17(27)19-11)3-6-15(25)24-9-7-23(8-10-24)14-5-4-13(18)20-21-14/h4-5,12H,3,6-10H2,1-2H3. The van der Waals surface area contributed by atoms with Gasteiger partial charge in [-0.15, -0.1) is 10.2 Å². The summed E-state index contributed by atoms with van der Waals surface area (Å²) in [5.74, 6) is -0.0791. The topological polar surface area (TPSA) is 99.1 Å². The Hall–Kier alpha value is -2.55. The highest BCUT2D eigenvalue weighted by molar-refractivity contribution is 6.29. The molecule has 2 aliphatic heterocycles. The van der Waals surface area contributed by atoms with Crippen LogP contribution in [0.2, 0.25) is 5.15 Å². The summed E-state index contributed by atoms with van der Waals surface area (Å²) < 4.78 is 0. The summed E-state index contributed by atoms with van der Waals surface area (Å²) >= 11 is 5.75. The number of halogens is 1. The van der Waals surface area contributed by atoms with Gasteiger partial charge in [-0.25, -0.2) is 9.79 Å². The summed E-state index contributed by atoms with van der Waals surface area (Å²) in [6, 6.07) is 2.94. The zero-order chi connectivity index (χ0) is 19.6. The second kappa shape index (κ2) is 7.99. The molecule has 4 amide bonds. The van der Waals surface area contributed by atoms with Crippen molar-refractivity contribution in [2.75, 3.05) is 38.1 Å². The van der Waals surface area contributed by atoms with Gasteiger partial charge in [0.25, 0.3) is 0 Å². The molecule has 144 valence electrons. The Morgan fingerprint density at radius 3 is 2.52 bits per heavy atom. The van der Waals surface area contributed by atoms with E-state index in [2.05, 4.69) is 20.1 Å². The second-order valence-corrected chi connectivity index (χ2v) is 6.99. The van der Waals surface area contributed by atoms with Gasteiger partial charge in [0, 0.05) is 45.4 Å². The number of carbonyl (C=O) groups excluding carboxylic acids is 3. The van der Waals surface area contributed by atoms with E-state index in [0.717, 1.165) is 10.7 Å². The smallest absolute Gasteiger partial charge is 0.349 e. The maximum absolute atomic E-state index is 12.5. The minimum absolute atomic E-state index is 0.00278. The molecule has 0 aromatic carbocycles. The molecule has 1 saturated heterocycles. The first-order valence-electron chi connectivity index (χ1n) is 8.75. The Morgan fingerprint density at radius 1 is 1.19 bits per heavy atom. The third-order valence-electron chi connectivity index (χ3n) is 4.91. The van der Waals surface area contributed by atoms with Gasteiger partial charge in [0.2, 0.25) is 11.8 Å². The van der Waals surface area contributed by atoms with Crippen molar-refractivity contribution in [1.29, 1.82) is 0 Å². The van der Waals surface area contributed by atoms with Crippen LogP contribution >= 0.6 is 11.6 Å². The largest absolute Gasteiger partial charge is 0.352 e. The quantitative estimate of drug-likeness (QED) is 0.764. The third kappa shape index (κ3) is 4.24. The summed E-state index contributed by atoms with van der Waals surface area (Å²) in [6.07, 6.45) is 0.597. The average molecular weight is 393 g/mol. The molecule has 1 atom stereocenters. The van der Waals surface area contributed by atoms with E-state index >= 15 is 0 Å². The van der Waals surface area contributed by atoms with Gasteiger partial charge < -0.3 is 9.80 Å². The summed E-state index contributed by atoms with van der Waals surface area (Å²) in [5.41, 5.74) is 0.474. The number of hydrogen-bond donors (Lipinski definition) is 0. The molecule has 0 bridgehead atoms. The molecule has 2 aliphatic rings. The molecule has 1 aromatic heterocycles. The van der Waals surface area contributed by atoms with E-state index in [0.29, 0.717) is 43.5 Å². The van der Waals surface area contributed by atoms with Crippen LogP contribution in [0.1, 0.15) is 19.8 Å². The summed E-state index contributed by atoms with van der Waals surface area (Å²) in [4.78, 5) is 45.0. The lowest BCUT2D eigenvalue weighted by atomic mass is 9.95. The first-order valence-corrected chi connectivity index (χ1v) is 9.13. The molecule has 0 N–H and O–H groups in total. The van der Waals surface area contributed by atoms with Gasteiger partial charge in [0.05, 0.1) is 5.92 Å². The van der Waals surface area contributed by atoms with Crippen molar-refractivity contribution in [2.45, 2.75) is 19.8 Å². The molecule has 1 unspecified atom stereocenters. The third-order valence-corrected chi connectivity index (χ3v) is 5.11. The highest BCUT2D eigenvalue weighted by atomic mass is 35.5. The van der Waals surface area contributed by atoms with Crippen molar-refractivity contribution >= 4 is 41.0 Å². The fraction of sp³-hybridized carbons (Fsp3) is 0.529. The lowest BCUT2D eigenvalue weighted by molar-refractivity contribution is -0.132. The number of imide groups is 1. The van der Waals surface area contributed by atoms with Crippen molar-refractivity contribution in [2.24, 2.45) is 10.9 Å². The van der Waals surface area contributed by atoms with E-state index in [1.54, 1.807) is 24.0 Å². The molecule has 1 aromatic rings. The predicted octanol–water partition coefficient (Wildman–Crippen LogP) is 1.23. The van der Waals surface area contributed by atoms with Crippen LogP contribution in [-0.4, -0.2) is 76.8 Å². The maximum atomic E-state index is 12.5. The Balaban J connectivity index is 1.51. The number of carbonyl (C=O) groups is 3. The van der Waals surface area contributed by atoms with Gasteiger partial charge in [-0.1, -0.05) is 11.6 Å². The van der Waals surface area contributed by atoms with Crippen molar-refractivity contribution in [3.05, 3.63) is 17.3 Å². The minimum atomic E-state index is -0.554.